The molecular formula is C20H30N4. The molecular weight excluding hydrogens is 296 g/mol. The molecule has 1 fully saturated rings. The minimum absolute atomic E-state index is 0.622. The van der Waals surface area contributed by atoms with Gasteiger partial charge in [-0.3, -0.25) is 14.5 Å². The predicted molar refractivity (Wildman–Crippen MR) is 98.5 cm³/mol. The summed E-state index contributed by atoms with van der Waals surface area (Å²) in [6, 6.07) is 11.4. The zero-order valence-corrected chi connectivity index (χ0v) is 15.4. The predicted octanol–water partition coefficient (Wildman–Crippen LogP) is 3.01. The molecule has 0 saturated carbocycles. The van der Waals surface area contributed by atoms with Crippen LogP contribution in [0.4, 0.5) is 0 Å². The lowest BCUT2D eigenvalue weighted by atomic mass is 9.84. The fourth-order valence-electron chi connectivity index (χ4n) is 4.45. The van der Waals surface area contributed by atoms with Crippen molar-refractivity contribution in [2.45, 2.75) is 33.0 Å². The third-order valence-electron chi connectivity index (χ3n) is 5.21. The first kappa shape index (κ1) is 17.2. The summed E-state index contributed by atoms with van der Waals surface area (Å²) in [4.78, 5) is 5.13. The molecule has 0 spiro atoms. The van der Waals surface area contributed by atoms with E-state index in [2.05, 4.69) is 72.3 Å². The normalized spacial score (nSPS) is 25.3. The number of rotatable bonds is 5. The first-order valence-corrected chi connectivity index (χ1v) is 8.97. The summed E-state index contributed by atoms with van der Waals surface area (Å²) in [6.45, 7) is 9.18. The lowest BCUT2D eigenvalue weighted by Crippen LogP contribution is -2.53. The minimum Gasteiger partial charge on any atom is -0.298 e. The van der Waals surface area contributed by atoms with Crippen molar-refractivity contribution < 1.29 is 0 Å². The Hall–Kier alpha value is -1.65. The van der Waals surface area contributed by atoms with Gasteiger partial charge in [0.05, 0.1) is 6.20 Å². The fourth-order valence-corrected chi connectivity index (χ4v) is 4.45. The van der Waals surface area contributed by atoms with Crippen LogP contribution in [-0.2, 0) is 20.1 Å². The van der Waals surface area contributed by atoms with Gasteiger partial charge >= 0.3 is 0 Å². The highest BCUT2D eigenvalue weighted by atomic mass is 15.3. The Morgan fingerprint density at radius 2 is 1.75 bits per heavy atom. The summed E-state index contributed by atoms with van der Waals surface area (Å²) in [5.74, 6) is 1.33. The Morgan fingerprint density at radius 1 is 1.08 bits per heavy atom. The van der Waals surface area contributed by atoms with Gasteiger partial charge in [0, 0.05) is 51.0 Å². The van der Waals surface area contributed by atoms with Crippen molar-refractivity contribution in [2.75, 3.05) is 20.1 Å². The number of likely N-dealkylation sites (tertiary alicyclic amines) is 1. The number of aryl methyl sites for hydroxylation is 1. The van der Waals surface area contributed by atoms with Gasteiger partial charge in [-0.25, -0.2) is 0 Å². The molecule has 1 unspecified atom stereocenters. The molecule has 3 atom stereocenters. The number of hydrogen-bond donors (Lipinski definition) is 0. The third kappa shape index (κ3) is 4.05. The van der Waals surface area contributed by atoms with E-state index in [9.17, 15) is 0 Å². The molecule has 0 amide bonds. The van der Waals surface area contributed by atoms with E-state index in [-0.39, 0.29) is 0 Å². The molecule has 2 heterocycles. The van der Waals surface area contributed by atoms with E-state index >= 15 is 0 Å². The van der Waals surface area contributed by atoms with Crippen LogP contribution in [0.15, 0.2) is 42.7 Å². The van der Waals surface area contributed by atoms with Crippen molar-refractivity contribution in [3.63, 3.8) is 0 Å². The van der Waals surface area contributed by atoms with Crippen LogP contribution in [0.1, 0.15) is 25.0 Å². The molecule has 1 saturated heterocycles. The molecule has 3 rings (SSSR count). The van der Waals surface area contributed by atoms with Crippen LogP contribution in [0, 0.1) is 11.8 Å². The molecule has 4 heteroatoms. The van der Waals surface area contributed by atoms with Crippen molar-refractivity contribution in [1.29, 1.82) is 0 Å². The summed E-state index contributed by atoms with van der Waals surface area (Å²) < 4.78 is 1.89. The number of aromatic nitrogens is 2. The zero-order chi connectivity index (χ0) is 17.1. The molecule has 1 aliphatic rings. The van der Waals surface area contributed by atoms with Crippen LogP contribution in [0.25, 0.3) is 0 Å². The van der Waals surface area contributed by atoms with E-state index in [1.807, 2.05) is 17.9 Å². The SMILES string of the molecule is C[C@@H]1CN(Cc2ccccc2)C[C@H](C)C1N(C)Cc1cnn(C)c1. The van der Waals surface area contributed by atoms with Crippen molar-refractivity contribution >= 4 is 0 Å². The second-order valence-electron chi connectivity index (χ2n) is 7.56. The van der Waals surface area contributed by atoms with Gasteiger partial charge in [0.1, 0.15) is 0 Å². The molecule has 1 aliphatic heterocycles. The molecule has 1 aromatic heterocycles. The number of piperidine rings is 1. The highest BCUT2D eigenvalue weighted by Crippen LogP contribution is 2.28. The monoisotopic (exact) mass is 326 g/mol. The van der Waals surface area contributed by atoms with Gasteiger partial charge in [0.2, 0.25) is 0 Å². The highest BCUT2D eigenvalue weighted by Gasteiger charge is 2.34. The maximum absolute atomic E-state index is 4.29. The van der Waals surface area contributed by atoms with Crippen molar-refractivity contribution in [1.82, 2.24) is 19.6 Å². The Bertz CT molecular complexity index is 624. The summed E-state index contributed by atoms with van der Waals surface area (Å²) in [5, 5.41) is 4.29. The van der Waals surface area contributed by atoms with Crippen molar-refractivity contribution in [3.05, 3.63) is 53.9 Å². The third-order valence-corrected chi connectivity index (χ3v) is 5.21. The average Bonchev–Trinajstić information content (AvgIpc) is 2.92. The molecule has 4 nitrogen and oxygen atoms in total. The topological polar surface area (TPSA) is 24.3 Å². The lowest BCUT2D eigenvalue weighted by molar-refractivity contribution is 0.0291. The lowest BCUT2D eigenvalue weighted by Gasteiger charge is -2.45. The van der Waals surface area contributed by atoms with E-state index < -0.39 is 0 Å². The molecule has 0 aliphatic carbocycles. The zero-order valence-electron chi connectivity index (χ0n) is 15.4. The second kappa shape index (κ2) is 7.49. The first-order chi connectivity index (χ1) is 11.5. The van der Waals surface area contributed by atoms with E-state index in [1.54, 1.807) is 0 Å². The van der Waals surface area contributed by atoms with Gasteiger partial charge in [-0.15, -0.1) is 0 Å². The Labute approximate surface area is 146 Å². The van der Waals surface area contributed by atoms with E-state index in [4.69, 9.17) is 0 Å². The molecule has 0 N–H and O–H groups in total. The molecule has 1 aromatic carbocycles. The van der Waals surface area contributed by atoms with Gasteiger partial charge in [0.25, 0.3) is 0 Å². The van der Waals surface area contributed by atoms with Crippen molar-refractivity contribution in [3.8, 4) is 0 Å². The number of benzene rings is 1. The van der Waals surface area contributed by atoms with Crippen molar-refractivity contribution in [2.24, 2.45) is 18.9 Å². The average molecular weight is 326 g/mol. The maximum atomic E-state index is 4.29. The van der Waals surface area contributed by atoms with Gasteiger partial charge < -0.3 is 0 Å². The van der Waals surface area contributed by atoms with Gasteiger partial charge in [-0.05, 0) is 24.4 Å². The van der Waals surface area contributed by atoms with E-state index in [0.29, 0.717) is 17.9 Å². The van der Waals surface area contributed by atoms with E-state index in [0.717, 1.165) is 13.1 Å². The quantitative estimate of drug-likeness (QED) is 0.844. The van der Waals surface area contributed by atoms with Gasteiger partial charge in [-0.2, -0.15) is 5.10 Å². The molecule has 0 radical (unpaired) electrons. The van der Waals surface area contributed by atoms with Crippen LogP contribution < -0.4 is 0 Å². The summed E-state index contributed by atoms with van der Waals surface area (Å²) in [6.07, 6.45) is 4.10. The molecule has 24 heavy (non-hydrogen) atoms. The first-order valence-electron chi connectivity index (χ1n) is 8.97. The van der Waals surface area contributed by atoms with Crippen LogP contribution in [-0.4, -0.2) is 45.8 Å². The van der Waals surface area contributed by atoms with Gasteiger partial charge in [0.15, 0.2) is 0 Å². The van der Waals surface area contributed by atoms with Crippen LogP contribution in [0.3, 0.4) is 0 Å². The highest BCUT2D eigenvalue weighted by molar-refractivity contribution is 5.14. The second-order valence-corrected chi connectivity index (χ2v) is 7.56. The van der Waals surface area contributed by atoms with Gasteiger partial charge in [-0.1, -0.05) is 44.2 Å². The largest absolute Gasteiger partial charge is 0.298 e. The Morgan fingerprint density at radius 3 is 2.33 bits per heavy atom. The van der Waals surface area contributed by atoms with Crippen LogP contribution in [0.2, 0.25) is 0 Å². The minimum atomic E-state index is 0.622. The van der Waals surface area contributed by atoms with Crippen LogP contribution >= 0.6 is 0 Å². The maximum Gasteiger partial charge on any atom is 0.0534 e. The molecule has 2 aromatic rings. The molecule has 130 valence electrons. The summed E-state index contributed by atoms with van der Waals surface area (Å²) >= 11 is 0. The Balaban J connectivity index is 1.60. The standard InChI is InChI=1S/C20H30N4/c1-16-11-24(15-18-8-6-5-7-9-18)12-17(2)20(16)22(3)13-19-10-21-23(4)14-19/h5-10,14,16-17,20H,11-13,15H2,1-4H3/t16-,17+,20?. The van der Waals surface area contributed by atoms with E-state index in [1.165, 1.54) is 24.2 Å². The summed E-state index contributed by atoms with van der Waals surface area (Å²) in [7, 11) is 4.24. The number of nitrogens with zero attached hydrogens (tertiary/aromatic N) is 4. The fraction of sp³-hybridized carbons (Fsp3) is 0.550. The Kier molecular flexibility index (Phi) is 5.36. The smallest absolute Gasteiger partial charge is 0.0534 e. The molecule has 0 bridgehead atoms. The number of hydrogen-bond acceptors (Lipinski definition) is 3. The summed E-state index contributed by atoms with van der Waals surface area (Å²) in [5.41, 5.74) is 2.71. The van der Waals surface area contributed by atoms with Crippen LogP contribution in [0.5, 0.6) is 0 Å².